The molecule has 0 heterocycles. The standard InChI is InChI=1S/C35H38ClN3O4S/c1-4-21-37-35(41)33(23-28-14-7-5-8-15-28)38(24-29-16-11-13-26(2)22-29)34(40)25-39(32-20-12-19-31(36)27(32)3)44(42,43)30-17-9-6-10-18-30/h5-20,22,33H,4,21,23-25H2,1-3H3,(H,37,41). The number of sulfonamides is 1. The van der Waals surface area contributed by atoms with Gasteiger partial charge < -0.3 is 10.2 Å². The van der Waals surface area contributed by atoms with Gasteiger partial charge in [-0.2, -0.15) is 0 Å². The van der Waals surface area contributed by atoms with Crippen LogP contribution in [0.5, 0.6) is 0 Å². The molecule has 0 radical (unpaired) electrons. The number of hydrogen-bond donors (Lipinski definition) is 1. The van der Waals surface area contributed by atoms with E-state index < -0.39 is 28.5 Å². The van der Waals surface area contributed by atoms with Gasteiger partial charge in [-0.05, 0) is 61.2 Å². The maximum absolute atomic E-state index is 14.5. The Morgan fingerprint density at radius 3 is 2.14 bits per heavy atom. The third kappa shape index (κ3) is 8.07. The van der Waals surface area contributed by atoms with Gasteiger partial charge in [-0.3, -0.25) is 13.9 Å². The Labute approximate surface area is 265 Å². The van der Waals surface area contributed by atoms with Gasteiger partial charge in [0.15, 0.2) is 0 Å². The summed E-state index contributed by atoms with van der Waals surface area (Å²) >= 11 is 6.44. The van der Waals surface area contributed by atoms with E-state index in [9.17, 15) is 18.0 Å². The average molecular weight is 632 g/mol. The highest BCUT2D eigenvalue weighted by Crippen LogP contribution is 2.31. The fourth-order valence-corrected chi connectivity index (χ4v) is 6.69. The van der Waals surface area contributed by atoms with Crippen LogP contribution in [0.3, 0.4) is 0 Å². The van der Waals surface area contributed by atoms with E-state index in [0.717, 1.165) is 27.4 Å². The van der Waals surface area contributed by atoms with E-state index in [1.807, 2.05) is 68.4 Å². The topological polar surface area (TPSA) is 86.8 Å². The Balaban J connectivity index is 1.82. The highest BCUT2D eigenvalue weighted by molar-refractivity contribution is 7.92. The highest BCUT2D eigenvalue weighted by atomic mass is 35.5. The van der Waals surface area contributed by atoms with Crippen LogP contribution in [0, 0.1) is 13.8 Å². The first-order valence-electron chi connectivity index (χ1n) is 14.6. The van der Waals surface area contributed by atoms with Gasteiger partial charge in [0.2, 0.25) is 11.8 Å². The maximum Gasteiger partial charge on any atom is 0.264 e. The van der Waals surface area contributed by atoms with E-state index in [4.69, 9.17) is 11.6 Å². The molecular formula is C35H38ClN3O4S. The summed E-state index contributed by atoms with van der Waals surface area (Å²) in [6, 6.07) is 29.3. The second kappa shape index (κ2) is 15.0. The summed E-state index contributed by atoms with van der Waals surface area (Å²) in [5.41, 5.74) is 3.53. The zero-order valence-corrected chi connectivity index (χ0v) is 26.8. The third-order valence-electron chi connectivity index (χ3n) is 7.37. The van der Waals surface area contributed by atoms with Crippen LogP contribution < -0.4 is 9.62 Å². The lowest BCUT2D eigenvalue weighted by Gasteiger charge is -2.34. The predicted molar refractivity (Wildman–Crippen MR) is 176 cm³/mol. The van der Waals surface area contributed by atoms with Gasteiger partial charge in [-0.1, -0.05) is 103 Å². The Morgan fingerprint density at radius 2 is 1.48 bits per heavy atom. The van der Waals surface area contributed by atoms with Crippen molar-refractivity contribution in [1.82, 2.24) is 10.2 Å². The Morgan fingerprint density at radius 1 is 0.841 bits per heavy atom. The van der Waals surface area contributed by atoms with E-state index >= 15 is 0 Å². The number of benzene rings is 4. The van der Waals surface area contributed by atoms with E-state index in [1.54, 1.807) is 43.3 Å². The summed E-state index contributed by atoms with van der Waals surface area (Å²) in [6.07, 6.45) is 0.988. The number of carbonyl (C=O) groups is 2. The summed E-state index contributed by atoms with van der Waals surface area (Å²) < 4.78 is 29.3. The first-order chi connectivity index (χ1) is 21.1. The molecule has 44 heavy (non-hydrogen) atoms. The number of anilines is 1. The molecule has 4 aromatic carbocycles. The second-order valence-electron chi connectivity index (χ2n) is 10.7. The minimum atomic E-state index is -4.19. The summed E-state index contributed by atoms with van der Waals surface area (Å²) in [4.78, 5) is 29.8. The largest absolute Gasteiger partial charge is 0.354 e. The van der Waals surface area contributed by atoms with Crippen molar-refractivity contribution in [2.75, 3.05) is 17.4 Å². The van der Waals surface area contributed by atoms with Crippen LogP contribution in [0.2, 0.25) is 5.02 Å². The first-order valence-corrected chi connectivity index (χ1v) is 16.4. The lowest BCUT2D eigenvalue weighted by atomic mass is 10.0. The van der Waals surface area contributed by atoms with Gasteiger partial charge in [-0.25, -0.2) is 8.42 Å². The van der Waals surface area contributed by atoms with E-state index in [0.29, 0.717) is 22.8 Å². The van der Waals surface area contributed by atoms with Crippen LogP contribution in [0.4, 0.5) is 5.69 Å². The van der Waals surface area contributed by atoms with Crippen LogP contribution in [0.25, 0.3) is 0 Å². The molecule has 9 heteroatoms. The van der Waals surface area contributed by atoms with Gasteiger partial charge >= 0.3 is 0 Å². The van der Waals surface area contributed by atoms with Crippen molar-refractivity contribution in [3.8, 4) is 0 Å². The molecule has 0 fully saturated rings. The van der Waals surface area contributed by atoms with Crippen LogP contribution in [-0.4, -0.2) is 44.3 Å². The van der Waals surface area contributed by atoms with Crippen molar-refractivity contribution < 1.29 is 18.0 Å². The summed E-state index contributed by atoms with van der Waals surface area (Å²) in [5.74, 6) is -0.814. The Bertz CT molecular complexity index is 1680. The minimum Gasteiger partial charge on any atom is -0.354 e. The van der Waals surface area contributed by atoms with E-state index in [-0.39, 0.29) is 23.8 Å². The van der Waals surface area contributed by atoms with Gasteiger partial charge in [0.25, 0.3) is 10.0 Å². The minimum absolute atomic E-state index is 0.0407. The van der Waals surface area contributed by atoms with Crippen molar-refractivity contribution >= 4 is 39.1 Å². The van der Waals surface area contributed by atoms with Crippen LogP contribution in [-0.2, 0) is 32.6 Å². The molecule has 0 aliphatic carbocycles. The summed E-state index contributed by atoms with van der Waals surface area (Å²) in [7, 11) is -4.19. The van der Waals surface area contributed by atoms with Crippen molar-refractivity contribution in [2.45, 2.75) is 51.1 Å². The first kappa shape index (κ1) is 32.8. The van der Waals surface area contributed by atoms with Crippen LogP contribution >= 0.6 is 11.6 Å². The molecule has 0 spiro atoms. The SMILES string of the molecule is CCCNC(=O)C(Cc1ccccc1)N(Cc1cccc(C)c1)C(=O)CN(c1cccc(Cl)c1C)S(=O)(=O)c1ccccc1. The molecule has 1 N–H and O–H groups in total. The lowest BCUT2D eigenvalue weighted by Crippen LogP contribution is -2.53. The number of amides is 2. The Hall–Kier alpha value is -4.14. The van der Waals surface area contributed by atoms with E-state index in [1.165, 1.54) is 17.0 Å². The predicted octanol–water partition coefficient (Wildman–Crippen LogP) is 6.32. The molecule has 1 atom stereocenters. The zero-order valence-electron chi connectivity index (χ0n) is 25.2. The molecule has 4 aromatic rings. The lowest BCUT2D eigenvalue weighted by molar-refractivity contribution is -0.140. The number of nitrogens with zero attached hydrogens (tertiary/aromatic N) is 2. The maximum atomic E-state index is 14.5. The highest BCUT2D eigenvalue weighted by Gasteiger charge is 2.35. The fraction of sp³-hybridized carbons (Fsp3) is 0.257. The van der Waals surface area contributed by atoms with Crippen LogP contribution in [0.1, 0.15) is 35.6 Å². The molecule has 1 unspecified atom stereocenters. The van der Waals surface area contributed by atoms with Crippen LogP contribution in [0.15, 0.2) is 108 Å². The van der Waals surface area contributed by atoms with Crippen molar-refractivity contribution in [3.63, 3.8) is 0 Å². The molecule has 0 aliphatic heterocycles. The number of aryl methyl sites for hydroxylation is 1. The number of rotatable bonds is 13. The number of halogens is 1. The summed E-state index contributed by atoms with van der Waals surface area (Å²) in [6.45, 7) is 5.67. The zero-order chi connectivity index (χ0) is 31.7. The molecule has 0 saturated heterocycles. The smallest absolute Gasteiger partial charge is 0.264 e. The van der Waals surface area contributed by atoms with Crippen molar-refractivity contribution in [2.24, 2.45) is 0 Å². The molecule has 0 saturated carbocycles. The average Bonchev–Trinajstić information content (AvgIpc) is 3.02. The van der Waals surface area contributed by atoms with Gasteiger partial charge in [0, 0.05) is 24.5 Å². The van der Waals surface area contributed by atoms with Gasteiger partial charge in [0.05, 0.1) is 10.6 Å². The molecule has 4 rings (SSSR count). The monoisotopic (exact) mass is 631 g/mol. The quantitative estimate of drug-likeness (QED) is 0.187. The van der Waals surface area contributed by atoms with Crippen molar-refractivity contribution in [3.05, 3.63) is 130 Å². The Kier molecular flexibility index (Phi) is 11.2. The molecule has 0 aliphatic rings. The molecule has 230 valence electrons. The molecule has 0 aromatic heterocycles. The molecule has 0 bridgehead atoms. The van der Waals surface area contributed by atoms with Crippen molar-refractivity contribution in [1.29, 1.82) is 0 Å². The van der Waals surface area contributed by atoms with Gasteiger partial charge in [-0.15, -0.1) is 0 Å². The van der Waals surface area contributed by atoms with Gasteiger partial charge in [0.1, 0.15) is 12.6 Å². The molecular weight excluding hydrogens is 594 g/mol. The van der Waals surface area contributed by atoms with E-state index in [2.05, 4.69) is 5.32 Å². The summed E-state index contributed by atoms with van der Waals surface area (Å²) in [5, 5.41) is 3.34. The normalized spacial score (nSPS) is 11.9. The molecule has 7 nitrogen and oxygen atoms in total. The third-order valence-corrected chi connectivity index (χ3v) is 9.56. The number of carbonyl (C=O) groups excluding carboxylic acids is 2. The number of nitrogens with one attached hydrogen (secondary N) is 1. The fourth-order valence-electron chi connectivity index (χ4n) is 5.03. The second-order valence-corrected chi connectivity index (χ2v) is 13.0. The molecule has 2 amide bonds. The number of hydrogen-bond acceptors (Lipinski definition) is 4.